The Morgan fingerprint density at radius 2 is 1.76 bits per heavy atom. The summed E-state index contributed by atoms with van der Waals surface area (Å²) < 4.78 is 0. The zero-order chi connectivity index (χ0) is 15.6. The molecule has 1 N–H and O–H groups in total. The Hall–Kier alpha value is -0.830. The van der Waals surface area contributed by atoms with Gasteiger partial charge in [0.05, 0.1) is 0 Å². The minimum Gasteiger partial charge on any atom is -0.367 e. The van der Waals surface area contributed by atoms with Crippen molar-refractivity contribution < 1.29 is 0 Å². The van der Waals surface area contributed by atoms with Crippen molar-refractivity contribution in [1.29, 1.82) is 0 Å². The van der Waals surface area contributed by atoms with E-state index in [1.54, 1.807) is 0 Å². The Morgan fingerprint density at radius 3 is 2.43 bits per heavy atom. The fraction of sp³-hybridized carbons (Fsp3) is 0.765. The van der Waals surface area contributed by atoms with Gasteiger partial charge < -0.3 is 5.32 Å². The van der Waals surface area contributed by atoms with E-state index in [9.17, 15) is 0 Å². The molecule has 0 aromatic carbocycles. The summed E-state index contributed by atoms with van der Waals surface area (Å²) in [6.07, 6.45) is 6.50. The average Bonchev–Trinajstić information content (AvgIpc) is 2.59. The Labute approximate surface area is 133 Å². The molecule has 0 radical (unpaired) electrons. The molecule has 1 aromatic rings. The standard InChI is InChI=1S/C17H28ClN3/c1-11-9-7-6-8-10-13(11)19-15-12(2)14(18)20-16(21-15)17(3,4)5/h11,13H,6-10H2,1-5H3,(H,19,20,21). The minimum atomic E-state index is -0.0944. The van der Waals surface area contributed by atoms with Crippen molar-refractivity contribution in [3.05, 3.63) is 16.5 Å². The van der Waals surface area contributed by atoms with Crippen molar-refractivity contribution >= 4 is 17.4 Å². The molecule has 0 saturated heterocycles. The first-order valence-corrected chi connectivity index (χ1v) is 8.48. The van der Waals surface area contributed by atoms with Crippen LogP contribution in [0.5, 0.6) is 0 Å². The van der Waals surface area contributed by atoms with Crippen LogP contribution in [0, 0.1) is 12.8 Å². The van der Waals surface area contributed by atoms with Crippen molar-refractivity contribution in [2.45, 2.75) is 78.2 Å². The average molecular weight is 310 g/mol. The van der Waals surface area contributed by atoms with E-state index < -0.39 is 0 Å². The lowest BCUT2D eigenvalue weighted by Gasteiger charge is -2.26. The largest absolute Gasteiger partial charge is 0.367 e. The normalized spacial score (nSPS) is 23.7. The zero-order valence-corrected chi connectivity index (χ0v) is 14.7. The predicted octanol–water partition coefficient (Wildman–Crippen LogP) is 5.12. The smallest absolute Gasteiger partial charge is 0.137 e. The summed E-state index contributed by atoms with van der Waals surface area (Å²) in [5.74, 6) is 2.40. The van der Waals surface area contributed by atoms with Crippen LogP contribution in [0.25, 0.3) is 0 Å². The molecule has 0 aliphatic heterocycles. The molecule has 2 rings (SSSR count). The van der Waals surface area contributed by atoms with Crippen molar-refractivity contribution in [2.24, 2.45) is 5.92 Å². The van der Waals surface area contributed by atoms with E-state index in [0.29, 0.717) is 17.1 Å². The highest BCUT2D eigenvalue weighted by Crippen LogP contribution is 2.30. The second-order valence-electron chi connectivity index (χ2n) is 7.43. The Bertz CT molecular complexity index is 494. The van der Waals surface area contributed by atoms with E-state index >= 15 is 0 Å². The number of halogens is 1. The lowest BCUT2D eigenvalue weighted by molar-refractivity contribution is 0.454. The maximum atomic E-state index is 6.32. The Morgan fingerprint density at radius 1 is 1.10 bits per heavy atom. The monoisotopic (exact) mass is 309 g/mol. The third kappa shape index (κ3) is 4.09. The summed E-state index contributed by atoms with van der Waals surface area (Å²) in [6.45, 7) is 10.7. The number of aromatic nitrogens is 2. The maximum absolute atomic E-state index is 6.32. The minimum absolute atomic E-state index is 0.0944. The molecule has 0 spiro atoms. The quantitative estimate of drug-likeness (QED) is 0.609. The molecule has 0 amide bonds. The maximum Gasteiger partial charge on any atom is 0.137 e. The van der Waals surface area contributed by atoms with Crippen LogP contribution in [-0.2, 0) is 5.41 Å². The first-order chi connectivity index (χ1) is 9.79. The van der Waals surface area contributed by atoms with Gasteiger partial charge in [0.1, 0.15) is 16.8 Å². The van der Waals surface area contributed by atoms with Gasteiger partial charge in [-0.15, -0.1) is 0 Å². The molecule has 1 aliphatic carbocycles. The van der Waals surface area contributed by atoms with E-state index in [2.05, 4.69) is 38.0 Å². The van der Waals surface area contributed by atoms with Crippen molar-refractivity contribution in [1.82, 2.24) is 9.97 Å². The fourth-order valence-corrected chi connectivity index (χ4v) is 3.02. The third-order valence-electron chi connectivity index (χ3n) is 4.44. The number of anilines is 1. The van der Waals surface area contributed by atoms with Crippen molar-refractivity contribution in [2.75, 3.05) is 5.32 Å². The summed E-state index contributed by atoms with van der Waals surface area (Å²) in [5, 5.41) is 4.22. The van der Waals surface area contributed by atoms with Crippen molar-refractivity contribution in [3.8, 4) is 0 Å². The van der Waals surface area contributed by atoms with Gasteiger partial charge >= 0.3 is 0 Å². The lowest BCUT2D eigenvalue weighted by Crippen LogP contribution is -2.28. The number of nitrogens with one attached hydrogen (secondary N) is 1. The van der Waals surface area contributed by atoms with Gasteiger partial charge in [-0.3, -0.25) is 0 Å². The van der Waals surface area contributed by atoms with Gasteiger partial charge in [0.2, 0.25) is 0 Å². The molecule has 4 heteroatoms. The van der Waals surface area contributed by atoms with Gasteiger partial charge in [-0.1, -0.05) is 58.6 Å². The van der Waals surface area contributed by atoms with E-state index in [4.69, 9.17) is 16.6 Å². The van der Waals surface area contributed by atoms with Gasteiger partial charge in [-0.05, 0) is 25.7 Å². The molecule has 3 nitrogen and oxygen atoms in total. The highest BCUT2D eigenvalue weighted by Gasteiger charge is 2.24. The highest BCUT2D eigenvalue weighted by atomic mass is 35.5. The Balaban J connectivity index is 2.28. The van der Waals surface area contributed by atoms with Gasteiger partial charge in [0.15, 0.2) is 0 Å². The van der Waals surface area contributed by atoms with Crippen LogP contribution in [0.2, 0.25) is 5.15 Å². The number of hydrogen-bond donors (Lipinski definition) is 1. The van der Waals surface area contributed by atoms with Gasteiger partial charge in [0, 0.05) is 17.0 Å². The molecule has 2 unspecified atom stereocenters. The van der Waals surface area contributed by atoms with Crippen LogP contribution in [-0.4, -0.2) is 16.0 Å². The molecular weight excluding hydrogens is 282 g/mol. The SMILES string of the molecule is Cc1c(Cl)nc(C(C)(C)C)nc1NC1CCCCCC1C. The first-order valence-electron chi connectivity index (χ1n) is 8.10. The lowest BCUT2D eigenvalue weighted by atomic mass is 9.95. The molecular formula is C17H28ClN3. The van der Waals surface area contributed by atoms with Crippen LogP contribution in [0.3, 0.4) is 0 Å². The molecule has 1 heterocycles. The summed E-state index contributed by atoms with van der Waals surface area (Å²) in [4.78, 5) is 9.21. The molecule has 2 atom stereocenters. The number of hydrogen-bond acceptors (Lipinski definition) is 3. The summed E-state index contributed by atoms with van der Waals surface area (Å²) in [7, 11) is 0. The third-order valence-corrected chi connectivity index (χ3v) is 4.81. The molecule has 21 heavy (non-hydrogen) atoms. The summed E-state index contributed by atoms with van der Waals surface area (Å²) >= 11 is 6.32. The summed E-state index contributed by atoms with van der Waals surface area (Å²) in [6, 6.07) is 0.491. The van der Waals surface area contributed by atoms with Crippen LogP contribution < -0.4 is 5.32 Å². The van der Waals surface area contributed by atoms with E-state index in [-0.39, 0.29) is 5.41 Å². The topological polar surface area (TPSA) is 37.8 Å². The fourth-order valence-electron chi connectivity index (χ4n) is 2.85. The molecule has 1 saturated carbocycles. The van der Waals surface area contributed by atoms with Crippen LogP contribution >= 0.6 is 11.6 Å². The molecule has 1 aromatic heterocycles. The second kappa shape index (κ2) is 6.51. The van der Waals surface area contributed by atoms with Gasteiger partial charge in [0.25, 0.3) is 0 Å². The Kier molecular flexibility index (Phi) is 5.13. The predicted molar refractivity (Wildman–Crippen MR) is 90.1 cm³/mol. The van der Waals surface area contributed by atoms with Crippen LogP contribution in [0.15, 0.2) is 0 Å². The van der Waals surface area contributed by atoms with Crippen LogP contribution in [0.4, 0.5) is 5.82 Å². The number of rotatable bonds is 2. The second-order valence-corrected chi connectivity index (χ2v) is 7.79. The van der Waals surface area contributed by atoms with E-state index in [1.807, 2.05) is 6.92 Å². The first kappa shape index (κ1) is 16.5. The summed E-state index contributed by atoms with van der Waals surface area (Å²) in [5.41, 5.74) is 0.865. The molecule has 118 valence electrons. The van der Waals surface area contributed by atoms with E-state index in [1.165, 1.54) is 32.1 Å². The van der Waals surface area contributed by atoms with E-state index in [0.717, 1.165) is 17.2 Å². The highest BCUT2D eigenvalue weighted by molar-refractivity contribution is 6.30. The van der Waals surface area contributed by atoms with Gasteiger partial charge in [-0.2, -0.15) is 0 Å². The van der Waals surface area contributed by atoms with Crippen LogP contribution in [0.1, 0.15) is 71.2 Å². The zero-order valence-electron chi connectivity index (χ0n) is 14.0. The van der Waals surface area contributed by atoms with Crippen molar-refractivity contribution in [3.63, 3.8) is 0 Å². The molecule has 0 bridgehead atoms. The molecule has 1 fully saturated rings. The van der Waals surface area contributed by atoms with Gasteiger partial charge in [-0.25, -0.2) is 9.97 Å². The number of nitrogens with zero attached hydrogens (tertiary/aromatic N) is 2. The molecule has 1 aliphatic rings.